The predicted octanol–water partition coefficient (Wildman–Crippen LogP) is 10.6. The fourth-order valence-corrected chi connectivity index (χ4v) is 5.99. The quantitative estimate of drug-likeness (QED) is 0.156. The van der Waals surface area contributed by atoms with Gasteiger partial charge in [0.15, 0.2) is 17.5 Å². The molecule has 0 aliphatic carbocycles. The Morgan fingerprint density at radius 1 is 0.653 bits per heavy atom. The van der Waals surface area contributed by atoms with Gasteiger partial charge < -0.3 is 4.57 Å². The van der Waals surface area contributed by atoms with E-state index in [4.69, 9.17) is 20.4 Å². The van der Waals surface area contributed by atoms with Gasteiger partial charge in [-0.15, -0.1) is 0 Å². The summed E-state index contributed by atoms with van der Waals surface area (Å²) in [6.07, 6.45) is 5.92. The Balaban J connectivity index is 1.15. The van der Waals surface area contributed by atoms with Crippen molar-refractivity contribution >= 4 is 33.5 Å². The summed E-state index contributed by atoms with van der Waals surface area (Å²) < 4.78 is 34.6. The van der Waals surface area contributed by atoms with Crippen LogP contribution >= 0.6 is 0 Å². The molecule has 3 heterocycles. The van der Waals surface area contributed by atoms with Crippen molar-refractivity contribution in [2.24, 2.45) is 0 Å². The summed E-state index contributed by atoms with van der Waals surface area (Å²) in [6, 6.07) is 42.9. The normalized spacial score (nSPS) is 12.9. The van der Waals surface area contributed by atoms with Crippen molar-refractivity contribution in [1.29, 1.82) is 0 Å². The molecule has 0 aliphatic rings. The van der Waals surface area contributed by atoms with Gasteiger partial charge in [-0.1, -0.05) is 128 Å². The van der Waals surface area contributed by atoms with Crippen LogP contribution in [0.5, 0.6) is 0 Å². The minimum absolute atomic E-state index is 0.133. The molecule has 3 aromatic heterocycles. The highest BCUT2D eigenvalue weighted by Crippen LogP contribution is 2.35. The van der Waals surface area contributed by atoms with E-state index in [2.05, 4.69) is 95.0 Å². The second kappa shape index (κ2) is 13.2. The maximum Gasteiger partial charge on any atom is 0.164 e. The molecule has 0 N–H and O–H groups in total. The van der Waals surface area contributed by atoms with E-state index in [0.717, 1.165) is 39.0 Å². The smallest absolute Gasteiger partial charge is 0.164 e. The monoisotopic (exact) mass is 633 g/mol. The molecule has 5 heteroatoms. The molecule has 8 aromatic rings. The lowest BCUT2D eigenvalue weighted by molar-refractivity contribution is 1.04. The van der Waals surface area contributed by atoms with Crippen molar-refractivity contribution < 1.29 is 5.48 Å². The molecule has 8 rings (SSSR count). The van der Waals surface area contributed by atoms with E-state index >= 15 is 0 Å². The summed E-state index contributed by atoms with van der Waals surface area (Å²) >= 11 is 0. The van der Waals surface area contributed by atoms with E-state index in [1.807, 2.05) is 48.5 Å². The number of para-hydroxylation sites is 2. The number of allylic oxidation sites excluding steroid dienone is 4. The van der Waals surface area contributed by atoms with Crippen LogP contribution < -0.4 is 0 Å². The Morgan fingerprint density at radius 2 is 1.31 bits per heavy atom. The predicted molar refractivity (Wildman–Crippen MR) is 202 cm³/mol. The minimum Gasteiger partial charge on any atom is -0.309 e. The lowest BCUT2D eigenvalue weighted by Gasteiger charge is -2.09. The molecular weight excluding hydrogens is 599 g/mol. The van der Waals surface area contributed by atoms with Crippen LogP contribution in [0.15, 0.2) is 177 Å². The molecule has 0 saturated carbocycles. The zero-order chi connectivity index (χ0) is 36.5. The van der Waals surface area contributed by atoms with Gasteiger partial charge in [-0.05, 0) is 64.7 Å². The molecule has 0 radical (unpaired) electrons. The third kappa shape index (κ3) is 5.97. The Morgan fingerprint density at radius 3 is 2.08 bits per heavy atom. The van der Waals surface area contributed by atoms with Gasteiger partial charge in [-0.3, -0.25) is 4.98 Å². The molecule has 0 atom stereocenters. The largest absolute Gasteiger partial charge is 0.309 e. The molecule has 0 amide bonds. The first-order valence-electron chi connectivity index (χ1n) is 17.9. The third-order valence-electron chi connectivity index (χ3n) is 8.34. The number of nitrogens with zero attached hydrogens (tertiary/aromatic N) is 5. The third-order valence-corrected chi connectivity index (χ3v) is 8.34. The SMILES string of the molecule is [2H]c1nc([2H])c(/C(C=C)=C/C=C/c2nc(-c3ccccc3)nc(-c3ccc(-c4ccc5c(c4)c4ccccc4n5-c4ccccc4)cc3)n2)c([2H])c1[2H]. The molecule has 0 spiro atoms. The first kappa shape index (κ1) is 25.4. The van der Waals surface area contributed by atoms with Gasteiger partial charge >= 0.3 is 0 Å². The number of pyridine rings is 1. The highest BCUT2D eigenvalue weighted by Gasteiger charge is 2.14. The maximum atomic E-state index is 8.31. The lowest BCUT2D eigenvalue weighted by atomic mass is 10.0. The average molecular weight is 634 g/mol. The van der Waals surface area contributed by atoms with Crippen LogP contribution in [0.2, 0.25) is 0 Å². The zero-order valence-electron chi connectivity index (χ0n) is 30.4. The fourth-order valence-electron chi connectivity index (χ4n) is 5.99. The van der Waals surface area contributed by atoms with E-state index in [1.165, 1.54) is 16.8 Å². The topological polar surface area (TPSA) is 56.5 Å². The van der Waals surface area contributed by atoms with Crippen LogP contribution in [0.4, 0.5) is 0 Å². The van der Waals surface area contributed by atoms with E-state index < -0.39 is 6.17 Å². The van der Waals surface area contributed by atoms with E-state index in [9.17, 15) is 0 Å². The molecule has 49 heavy (non-hydrogen) atoms. The molecule has 232 valence electrons. The standard InChI is InChI=1S/C44H31N5/c1-2-31(36-16-12-28-45-30-36)15-11-21-42-46-43(33-13-5-3-6-14-33)48-44(47-42)34-24-22-32(23-25-34)35-26-27-41-39(29-35)38-19-9-10-20-40(38)49(41)37-17-7-4-8-18-37/h2-30H,1H2/b21-11+,31-15+/i12D,16D,28D,30D. The van der Waals surface area contributed by atoms with E-state index in [0.29, 0.717) is 23.0 Å². The van der Waals surface area contributed by atoms with Crippen molar-refractivity contribution in [3.8, 4) is 39.6 Å². The van der Waals surface area contributed by atoms with Gasteiger partial charge in [0, 0.05) is 39.9 Å². The van der Waals surface area contributed by atoms with Crippen molar-refractivity contribution in [1.82, 2.24) is 24.5 Å². The highest BCUT2D eigenvalue weighted by atomic mass is 15.0. The summed E-state index contributed by atoms with van der Waals surface area (Å²) in [7, 11) is 0. The molecule has 0 saturated heterocycles. The van der Waals surface area contributed by atoms with Crippen molar-refractivity contribution in [3.63, 3.8) is 0 Å². The number of hydrogen-bond acceptors (Lipinski definition) is 4. The second-order valence-electron chi connectivity index (χ2n) is 11.3. The molecule has 0 bridgehead atoms. The summed E-state index contributed by atoms with van der Waals surface area (Å²) in [4.78, 5) is 18.2. The minimum atomic E-state index is -0.407. The molecular formula is C44H31N5. The van der Waals surface area contributed by atoms with Crippen LogP contribution in [-0.4, -0.2) is 24.5 Å². The summed E-state index contributed by atoms with van der Waals surface area (Å²) in [5.74, 6) is 1.44. The molecule has 0 fully saturated rings. The van der Waals surface area contributed by atoms with Gasteiger partial charge in [0.05, 0.1) is 16.5 Å². The van der Waals surface area contributed by atoms with Gasteiger partial charge in [-0.25, -0.2) is 15.0 Å². The van der Waals surface area contributed by atoms with Crippen molar-refractivity contribution in [2.75, 3.05) is 0 Å². The van der Waals surface area contributed by atoms with Gasteiger partial charge in [0.25, 0.3) is 0 Å². The molecule has 5 aromatic carbocycles. The van der Waals surface area contributed by atoms with E-state index in [1.54, 1.807) is 18.2 Å². The summed E-state index contributed by atoms with van der Waals surface area (Å²) in [5, 5.41) is 2.38. The van der Waals surface area contributed by atoms with Crippen LogP contribution in [0.25, 0.3) is 73.0 Å². The van der Waals surface area contributed by atoms with Crippen LogP contribution in [0.3, 0.4) is 0 Å². The molecule has 5 nitrogen and oxygen atoms in total. The van der Waals surface area contributed by atoms with Crippen LogP contribution in [0.1, 0.15) is 16.9 Å². The number of rotatable bonds is 8. The molecule has 0 aliphatic heterocycles. The lowest BCUT2D eigenvalue weighted by Crippen LogP contribution is -1.99. The van der Waals surface area contributed by atoms with Gasteiger partial charge in [-0.2, -0.15) is 0 Å². The average Bonchev–Trinajstić information content (AvgIpc) is 3.53. The highest BCUT2D eigenvalue weighted by molar-refractivity contribution is 6.10. The fraction of sp³-hybridized carbons (Fsp3) is 0. The first-order valence-corrected chi connectivity index (χ1v) is 15.9. The Kier molecular flexibility index (Phi) is 6.83. The van der Waals surface area contributed by atoms with Crippen LogP contribution in [0, 0.1) is 0 Å². The summed E-state index contributed by atoms with van der Waals surface area (Å²) in [5.41, 5.74) is 7.83. The Labute approximate surface area is 290 Å². The maximum absolute atomic E-state index is 8.31. The van der Waals surface area contributed by atoms with Gasteiger partial charge in [0.1, 0.15) is 0 Å². The number of fused-ring (bicyclic) bond motifs is 3. The second-order valence-corrected chi connectivity index (χ2v) is 11.3. The Hall–Kier alpha value is -6.72. The van der Waals surface area contributed by atoms with Crippen molar-refractivity contribution in [2.45, 2.75) is 0 Å². The van der Waals surface area contributed by atoms with Crippen LogP contribution in [-0.2, 0) is 0 Å². The first-order chi connectivity index (χ1) is 25.9. The number of aromatic nitrogens is 5. The molecule has 0 unspecified atom stereocenters. The zero-order valence-corrected chi connectivity index (χ0v) is 26.4. The van der Waals surface area contributed by atoms with Gasteiger partial charge in [0.2, 0.25) is 0 Å². The number of benzene rings is 5. The summed E-state index contributed by atoms with van der Waals surface area (Å²) in [6.45, 7) is 3.83. The Bertz CT molecular complexity index is 2720. The number of hydrogen-bond donors (Lipinski definition) is 0. The van der Waals surface area contributed by atoms with E-state index in [-0.39, 0.29) is 23.8 Å². The van der Waals surface area contributed by atoms with Crippen molar-refractivity contribution in [3.05, 3.63) is 188 Å².